The van der Waals surface area contributed by atoms with Crippen molar-refractivity contribution < 1.29 is 73.1 Å². The minimum atomic E-state index is -5.32. The molecule has 1 aromatic rings. The molecule has 2 N–H and O–H groups in total. The van der Waals surface area contributed by atoms with Crippen LogP contribution in [0.2, 0.25) is 0 Å². The smallest absolute Gasteiger partial charge is 0.388 e. The third-order valence-electron chi connectivity index (χ3n) is 5.26. The number of methoxy groups -OCH3 is 1. The summed E-state index contributed by atoms with van der Waals surface area (Å²) in [6.07, 6.45) is -23.5. The largest absolute Gasteiger partial charge is 0.421 e. The Morgan fingerprint density at radius 3 is 1.42 bits per heavy atom. The quantitative estimate of drug-likeness (QED) is 0.297. The third kappa shape index (κ3) is 8.91. The van der Waals surface area contributed by atoms with Crippen molar-refractivity contribution in [2.75, 3.05) is 33.5 Å². The van der Waals surface area contributed by atoms with E-state index in [4.69, 9.17) is 4.74 Å². The Balaban J connectivity index is 0.0000137. The third-order valence-corrected chi connectivity index (χ3v) is 5.26. The van der Waals surface area contributed by atoms with Crippen LogP contribution in [-0.2, 0) is 30.1 Å². The molecule has 224 valence electrons. The van der Waals surface area contributed by atoms with E-state index in [0.717, 1.165) is 18.2 Å². The van der Waals surface area contributed by atoms with Gasteiger partial charge >= 0.3 is 24.9 Å². The van der Waals surface area contributed by atoms with Crippen LogP contribution in [0.25, 0.3) is 0 Å². The number of aliphatic hydroxyl groups is 2. The van der Waals surface area contributed by atoms with Gasteiger partial charge < -0.3 is 29.2 Å². The Morgan fingerprint density at radius 1 is 0.711 bits per heavy atom. The van der Waals surface area contributed by atoms with E-state index in [-0.39, 0.29) is 14.0 Å². The number of hydrogen-bond acceptors (Lipinski definition) is 6. The van der Waals surface area contributed by atoms with Gasteiger partial charge in [0.15, 0.2) is 11.2 Å². The molecule has 0 saturated heterocycles. The maximum Gasteiger partial charge on any atom is 0.421 e. The number of rotatable bonds is 14. The van der Waals surface area contributed by atoms with Gasteiger partial charge in [0.25, 0.3) is 0 Å². The summed E-state index contributed by atoms with van der Waals surface area (Å²) in [5, 5.41) is 19.3. The van der Waals surface area contributed by atoms with Crippen LogP contribution < -0.4 is 0 Å². The number of halogens is 10. The Kier molecular flexibility index (Phi) is 13.0. The fourth-order valence-electron chi connectivity index (χ4n) is 2.85. The zero-order valence-corrected chi connectivity index (χ0v) is 19.7. The van der Waals surface area contributed by atoms with Gasteiger partial charge in [0.1, 0.15) is 12.2 Å². The fourth-order valence-corrected chi connectivity index (χ4v) is 2.85. The van der Waals surface area contributed by atoms with E-state index in [0.29, 0.717) is 19.9 Å². The second-order valence-corrected chi connectivity index (χ2v) is 8.20. The molecule has 6 nitrogen and oxygen atoms in total. The molecular weight excluding hydrogens is 550 g/mol. The first kappa shape index (κ1) is 36.3. The lowest BCUT2D eigenvalue weighted by atomic mass is 9.88. The molecule has 16 heteroatoms. The number of benzene rings is 1. The van der Waals surface area contributed by atoms with Crippen molar-refractivity contribution in [2.24, 2.45) is 0 Å². The van der Waals surface area contributed by atoms with Crippen LogP contribution in [0.4, 0.5) is 43.9 Å². The molecule has 0 radical (unpaired) electrons. The monoisotopic (exact) mass is 580 g/mol. The standard InChI is InChI=1S/C21H26F10O6.CH4/c1-17(20(26,27)28,35-9-14(32)8-34-3)12-5-4-6-13(7-12)18(2,21(29,30)31)36-10-15(33)11-37-19(24,25)16(22)23;/h4-7,14-16,32-33H,8-11H2,1-3H3;1H4. The van der Waals surface area contributed by atoms with Crippen LogP contribution in [0, 0.1) is 0 Å². The zero-order valence-electron chi connectivity index (χ0n) is 19.7. The topological polar surface area (TPSA) is 77.4 Å². The highest BCUT2D eigenvalue weighted by Gasteiger charge is 2.57. The Hall–Kier alpha value is -1.72. The maximum absolute atomic E-state index is 14.0. The number of aliphatic hydroxyl groups excluding tert-OH is 2. The molecule has 1 aromatic carbocycles. The molecule has 0 fully saturated rings. The van der Waals surface area contributed by atoms with Crippen LogP contribution in [0.1, 0.15) is 32.4 Å². The summed E-state index contributed by atoms with van der Waals surface area (Å²) < 4.78 is 151. The summed E-state index contributed by atoms with van der Waals surface area (Å²) in [4.78, 5) is 0. The van der Waals surface area contributed by atoms with E-state index in [2.05, 4.69) is 14.2 Å². The van der Waals surface area contributed by atoms with Crippen molar-refractivity contribution in [2.45, 2.75) is 69.6 Å². The Morgan fingerprint density at radius 2 is 1.08 bits per heavy atom. The highest BCUT2D eigenvalue weighted by atomic mass is 19.4. The molecule has 0 saturated carbocycles. The van der Waals surface area contributed by atoms with Gasteiger partial charge in [0.05, 0.1) is 26.4 Å². The lowest BCUT2D eigenvalue weighted by Crippen LogP contribution is -2.46. The molecule has 0 aliphatic carbocycles. The van der Waals surface area contributed by atoms with Gasteiger partial charge in [-0.25, -0.2) is 8.78 Å². The maximum atomic E-state index is 14.0. The number of alkyl halides is 10. The molecule has 0 heterocycles. The summed E-state index contributed by atoms with van der Waals surface area (Å²) in [7, 11) is 1.17. The lowest BCUT2D eigenvalue weighted by Gasteiger charge is -2.36. The SMILES string of the molecule is C.COCC(O)COC(C)(c1cccc(C(C)(OCC(O)COC(F)(F)C(F)F)C(F)(F)F)c1)C(F)(F)F. The molecule has 0 amide bonds. The summed E-state index contributed by atoms with van der Waals surface area (Å²) in [6, 6.07) is 2.92. The molecule has 0 aliphatic rings. The van der Waals surface area contributed by atoms with Crippen molar-refractivity contribution in [3.05, 3.63) is 35.4 Å². The van der Waals surface area contributed by atoms with E-state index in [1.807, 2.05) is 0 Å². The van der Waals surface area contributed by atoms with Crippen LogP contribution in [0.15, 0.2) is 24.3 Å². The van der Waals surface area contributed by atoms with E-state index >= 15 is 0 Å². The lowest BCUT2D eigenvalue weighted by molar-refractivity contribution is -0.313. The van der Waals surface area contributed by atoms with Crippen LogP contribution in [-0.4, -0.2) is 80.8 Å². The molecule has 0 aromatic heterocycles. The molecule has 38 heavy (non-hydrogen) atoms. The average molecular weight is 580 g/mol. The Labute approximate surface area is 212 Å². The summed E-state index contributed by atoms with van der Waals surface area (Å²) in [6.45, 7) is -3.24. The molecular formula is C22H30F10O6. The van der Waals surface area contributed by atoms with Crippen molar-refractivity contribution in [1.82, 2.24) is 0 Å². The van der Waals surface area contributed by atoms with Crippen molar-refractivity contribution in [3.63, 3.8) is 0 Å². The predicted molar refractivity (Wildman–Crippen MR) is 113 cm³/mol. The van der Waals surface area contributed by atoms with Crippen molar-refractivity contribution >= 4 is 0 Å². The second-order valence-electron chi connectivity index (χ2n) is 8.20. The van der Waals surface area contributed by atoms with Gasteiger partial charge in [-0.15, -0.1) is 0 Å². The predicted octanol–water partition coefficient (Wildman–Crippen LogP) is 5.15. The Bertz CT molecular complexity index is 851. The van der Waals surface area contributed by atoms with Gasteiger partial charge in [-0.3, -0.25) is 0 Å². The highest BCUT2D eigenvalue weighted by molar-refractivity contribution is 5.33. The summed E-state index contributed by atoms with van der Waals surface area (Å²) in [5.41, 5.74) is -8.28. The molecule has 0 aliphatic heterocycles. The first-order chi connectivity index (χ1) is 16.7. The first-order valence-electron chi connectivity index (χ1n) is 10.4. The highest BCUT2D eigenvalue weighted by Crippen LogP contribution is 2.46. The van der Waals surface area contributed by atoms with Gasteiger partial charge in [-0.05, 0) is 31.0 Å². The molecule has 4 atom stereocenters. The van der Waals surface area contributed by atoms with Crippen molar-refractivity contribution in [3.8, 4) is 0 Å². The van der Waals surface area contributed by atoms with Gasteiger partial charge in [0, 0.05) is 7.11 Å². The normalized spacial score (nSPS) is 17.9. The molecule has 0 spiro atoms. The van der Waals surface area contributed by atoms with E-state index in [1.165, 1.54) is 7.11 Å². The van der Waals surface area contributed by atoms with Gasteiger partial charge in [-0.1, -0.05) is 25.6 Å². The van der Waals surface area contributed by atoms with Crippen LogP contribution in [0.5, 0.6) is 0 Å². The number of hydrogen-bond donors (Lipinski definition) is 2. The summed E-state index contributed by atoms with van der Waals surface area (Å²) >= 11 is 0. The number of ether oxygens (including phenoxy) is 4. The van der Waals surface area contributed by atoms with E-state index in [9.17, 15) is 54.1 Å². The minimum absolute atomic E-state index is 0. The summed E-state index contributed by atoms with van der Waals surface area (Å²) in [5.74, 6) is 0. The van der Waals surface area contributed by atoms with Gasteiger partial charge in [0.2, 0.25) is 0 Å². The fraction of sp³-hybridized carbons (Fsp3) is 0.727. The molecule has 0 bridgehead atoms. The first-order valence-corrected chi connectivity index (χ1v) is 10.4. The van der Waals surface area contributed by atoms with E-state index < -0.39 is 79.2 Å². The minimum Gasteiger partial charge on any atom is -0.388 e. The van der Waals surface area contributed by atoms with E-state index in [1.54, 1.807) is 0 Å². The average Bonchev–Trinajstić information content (AvgIpc) is 2.78. The molecule has 1 rings (SSSR count). The zero-order chi connectivity index (χ0) is 28.9. The van der Waals surface area contributed by atoms with Crippen molar-refractivity contribution in [1.29, 1.82) is 0 Å². The van der Waals surface area contributed by atoms with Crippen LogP contribution >= 0.6 is 0 Å². The second kappa shape index (κ2) is 13.6. The molecule has 4 unspecified atom stereocenters. The van der Waals surface area contributed by atoms with Gasteiger partial charge in [-0.2, -0.15) is 35.1 Å². The van der Waals surface area contributed by atoms with Crippen LogP contribution in [0.3, 0.4) is 0 Å².